The lowest BCUT2D eigenvalue weighted by molar-refractivity contribution is -0.116. The predicted molar refractivity (Wildman–Crippen MR) is 150 cm³/mol. The van der Waals surface area contributed by atoms with Gasteiger partial charge in [-0.15, -0.1) is 0 Å². The van der Waals surface area contributed by atoms with Gasteiger partial charge in [0.05, 0.1) is 11.2 Å². The first-order chi connectivity index (χ1) is 17.4. The lowest BCUT2D eigenvalue weighted by Gasteiger charge is -2.43. The summed E-state index contributed by atoms with van der Waals surface area (Å²) in [6.07, 6.45) is 3.30. The van der Waals surface area contributed by atoms with Crippen LogP contribution < -0.4 is 15.7 Å². The van der Waals surface area contributed by atoms with Crippen molar-refractivity contribution in [2.45, 2.75) is 38.7 Å². The summed E-state index contributed by atoms with van der Waals surface area (Å²) in [7, 11) is -2.54. The fraction of sp³-hybridized carbons (Fsp3) is 0.290. The summed E-state index contributed by atoms with van der Waals surface area (Å²) < 4.78 is 7.08. The Labute approximate surface area is 214 Å². The number of aromatic nitrogens is 1. The molecule has 1 aliphatic rings. The summed E-state index contributed by atoms with van der Waals surface area (Å²) in [6.45, 7) is 7.58. The first-order valence-electron chi connectivity index (χ1n) is 12.8. The van der Waals surface area contributed by atoms with Gasteiger partial charge >= 0.3 is 0 Å². The average Bonchev–Trinajstić information content (AvgIpc) is 3.62. The van der Waals surface area contributed by atoms with Crippen LogP contribution in [0.5, 0.6) is 0 Å². The van der Waals surface area contributed by atoms with Crippen molar-refractivity contribution in [3.05, 3.63) is 97.2 Å². The van der Waals surface area contributed by atoms with Crippen molar-refractivity contribution in [3.63, 3.8) is 0 Å². The number of hydrogen-bond donors (Lipinski definition) is 1. The molecule has 5 rings (SSSR count). The van der Waals surface area contributed by atoms with E-state index < -0.39 is 8.32 Å². The molecule has 1 saturated carbocycles. The maximum absolute atomic E-state index is 12.9. The molecule has 1 amide bonds. The van der Waals surface area contributed by atoms with E-state index >= 15 is 0 Å². The number of carbonyl (C=O) groups excluding carboxylic acids is 1. The Morgan fingerprint density at radius 3 is 2.17 bits per heavy atom. The van der Waals surface area contributed by atoms with Gasteiger partial charge in [0, 0.05) is 24.6 Å². The second-order valence-electron chi connectivity index (χ2n) is 10.9. The number of nitrogens with one attached hydrogen (secondary N) is 1. The molecule has 36 heavy (non-hydrogen) atoms. The third kappa shape index (κ3) is 4.86. The van der Waals surface area contributed by atoms with Gasteiger partial charge in [-0.3, -0.25) is 9.78 Å². The zero-order chi connectivity index (χ0) is 25.2. The molecule has 3 aromatic carbocycles. The van der Waals surface area contributed by atoms with Crippen LogP contribution in [0.2, 0.25) is 5.04 Å². The number of hydrogen-bond acceptors (Lipinski definition) is 3. The highest BCUT2D eigenvalue weighted by atomic mass is 28.4. The van der Waals surface area contributed by atoms with Gasteiger partial charge in [-0.2, -0.15) is 0 Å². The van der Waals surface area contributed by atoms with Crippen LogP contribution in [0.25, 0.3) is 10.9 Å². The minimum Gasteiger partial charge on any atom is -0.407 e. The van der Waals surface area contributed by atoms with Gasteiger partial charge in [0.15, 0.2) is 0 Å². The molecule has 1 fully saturated rings. The maximum atomic E-state index is 12.9. The number of para-hydroxylation sites is 1. The van der Waals surface area contributed by atoms with E-state index in [-0.39, 0.29) is 10.9 Å². The Morgan fingerprint density at radius 2 is 1.53 bits per heavy atom. The van der Waals surface area contributed by atoms with E-state index in [4.69, 9.17) is 4.43 Å². The predicted octanol–water partition coefficient (Wildman–Crippen LogP) is 5.78. The number of amides is 1. The fourth-order valence-electron chi connectivity index (χ4n) is 5.40. The molecule has 1 aliphatic carbocycles. The lowest BCUT2D eigenvalue weighted by Crippen LogP contribution is -2.66. The lowest BCUT2D eigenvalue weighted by atomic mass is 10.2. The number of benzene rings is 3. The number of carbonyl (C=O) groups is 1. The molecule has 4 aromatic rings. The SMILES string of the molecule is CC(C)(C)[Si](OC[C@@H]1C[C@@H]1CC(=O)Nc1cccc2cccnc12)(c1ccccc1)c1ccccc1. The van der Waals surface area contributed by atoms with Crippen LogP contribution in [0.15, 0.2) is 97.2 Å². The standard InChI is InChI=1S/C31H34N2O2Si/c1-31(2,3)36(26-14-6-4-7-15-26,27-16-8-5-9-17-27)35-22-25-20-24(25)21-29(34)33-28-18-10-12-23-13-11-19-32-30(23)28/h4-19,24-25H,20-22H2,1-3H3,(H,33,34)/t24-,25+/m1/s1. The second-order valence-corrected chi connectivity index (χ2v) is 15.2. The van der Waals surface area contributed by atoms with Crippen molar-refractivity contribution in [2.24, 2.45) is 11.8 Å². The molecule has 1 aromatic heterocycles. The Morgan fingerprint density at radius 1 is 0.889 bits per heavy atom. The number of fused-ring (bicyclic) bond motifs is 1. The molecule has 1 heterocycles. The maximum Gasteiger partial charge on any atom is 0.261 e. The highest BCUT2D eigenvalue weighted by molar-refractivity contribution is 6.99. The summed E-state index contributed by atoms with van der Waals surface area (Å²) in [5.41, 5.74) is 1.61. The van der Waals surface area contributed by atoms with Gasteiger partial charge in [0.1, 0.15) is 0 Å². The van der Waals surface area contributed by atoms with Crippen molar-refractivity contribution in [1.29, 1.82) is 0 Å². The van der Waals surface area contributed by atoms with E-state index in [1.54, 1.807) is 6.20 Å². The highest BCUT2D eigenvalue weighted by Gasteiger charge is 2.51. The molecular formula is C31H34N2O2Si. The van der Waals surface area contributed by atoms with Crippen molar-refractivity contribution >= 4 is 41.2 Å². The third-order valence-corrected chi connectivity index (χ3v) is 12.4. The minimum absolute atomic E-state index is 0.0428. The normalized spacial score (nSPS) is 17.6. The number of anilines is 1. The van der Waals surface area contributed by atoms with Crippen molar-refractivity contribution in [1.82, 2.24) is 4.98 Å². The average molecular weight is 495 g/mol. The zero-order valence-electron chi connectivity index (χ0n) is 21.3. The van der Waals surface area contributed by atoms with Crippen LogP contribution >= 0.6 is 0 Å². The van der Waals surface area contributed by atoms with E-state index in [1.807, 2.05) is 30.3 Å². The zero-order valence-corrected chi connectivity index (χ0v) is 22.3. The summed E-state index contributed by atoms with van der Waals surface area (Å²) in [5, 5.41) is 6.66. The Balaban J connectivity index is 1.29. The number of rotatable bonds is 8. The van der Waals surface area contributed by atoms with Crippen LogP contribution in [0.4, 0.5) is 5.69 Å². The quantitative estimate of drug-likeness (QED) is 0.316. The molecule has 184 valence electrons. The van der Waals surface area contributed by atoms with Gasteiger partial charge in [-0.1, -0.05) is 99.6 Å². The molecule has 4 nitrogen and oxygen atoms in total. The first-order valence-corrected chi connectivity index (χ1v) is 14.7. The molecule has 1 N–H and O–H groups in total. The molecule has 5 heteroatoms. The first kappa shape index (κ1) is 24.4. The molecule has 0 unspecified atom stereocenters. The monoisotopic (exact) mass is 494 g/mol. The van der Waals surface area contributed by atoms with E-state index in [0.717, 1.165) is 23.0 Å². The van der Waals surface area contributed by atoms with Gasteiger partial charge in [-0.25, -0.2) is 0 Å². The molecule has 0 bridgehead atoms. The van der Waals surface area contributed by atoms with Crippen LogP contribution in [-0.4, -0.2) is 25.8 Å². The topological polar surface area (TPSA) is 51.2 Å². The van der Waals surface area contributed by atoms with E-state index in [1.165, 1.54) is 10.4 Å². The van der Waals surface area contributed by atoms with Gasteiger partial charge in [-0.05, 0) is 45.8 Å². The Hall–Kier alpha value is -3.28. The fourth-order valence-corrected chi connectivity index (χ4v) is 10.0. The summed E-state index contributed by atoms with van der Waals surface area (Å²) >= 11 is 0. The summed E-state index contributed by atoms with van der Waals surface area (Å²) in [5.74, 6) is 0.806. The van der Waals surface area contributed by atoms with Crippen molar-refractivity contribution < 1.29 is 9.22 Å². The largest absolute Gasteiger partial charge is 0.407 e. The number of pyridine rings is 1. The van der Waals surface area contributed by atoms with Crippen LogP contribution in [-0.2, 0) is 9.22 Å². The van der Waals surface area contributed by atoms with Crippen molar-refractivity contribution in [2.75, 3.05) is 11.9 Å². The third-order valence-electron chi connectivity index (χ3n) is 7.35. The van der Waals surface area contributed by atoms with E-state index in [9.17, 15) is 4.79 Å². The molecule has 0 saturated heterocycles. The highest BCUT2D eigenvalue weighted by Crippen LogP contribution is 2.44. The van der Waals surface area contributed by atoms with Crippen LogP contribution in [0, 0.1) is 11.8 Å². The van der Waals surface area contributed by atoms with Gasteiger partial charge < -0.3 is 9.74 Å². The van der Waals surface area contributed by atoms with Crippen LogP contribution in [0.3, 0.4) is 0 Å². The van der Waals surface area contributed by atoms with E-state index in [0.29, 0.717) is 24.9 Å². The number of nitrogens with zero attached hydrogens (tertiary/aromatic N) is 1. The van der Waals surface area contributed by atoms with Gasteiger partial charge in [0.2, 0.25) is 5.91 Å². The molecular weight excluding hydrogens is 460 g/mol. The van der Waals surface area contributed by atoms with Crippen LogP contribution in [0.1, 0.15) is 33.6 Å². The molecule has 0 spiro atoms. The molecule has 0 radical (unpaired) electrons. The molecule has 2 atom stereocenters. The summed E-state index contributed by atoms with van der Waals surface area (Å²) in [4.78, 5) is 17.3. The Bertz CT molecular complexity index is 1290. The second kappa shape index (κ2) is 10.00. The molecule has 0 aliphatic heterocycles. The van der Waals surface area contributed by atoms with Crippen molar-refractivity contribution in [3.8, 4) is 0 Å². The summed E-state index contributed by atoms with van der Waals surface area (Å²) in [6, 6.07) is 31.3. The van der Waals surface area contributed by atoms with Gasteiger partial charge in [0.25, 0.3) is 8.32 Å². The van der Waals surface area contributed by atoms with E-state index in [2.05, 4.69) is 91.7 Å². The Kier molecular flexibility index (Phi) is 6.78. The minimum atomic E-state index is -2.54. The smallest absolute Gasteiger partial charge is 0.261 e.